The van der Waals surface area contributed by atoms with Crippen LogP contribution in [0.5, 0.6) is 0 Å². The van der Waals surface area contributed by atoms with Gasteiger partial charge in [-0.3, -0.25) is 4.79 Å². The molecule has 0 spiro atoms. The molecule has 0 aliphatic carbocycles. The van der Waals surface area contributed by atoms with Crippen LogP contribution in [0.3, 0.4) is 0 Å². The number of halogens is 4. The van der Waals surface area contributed by atoms with Crippen molar-refractivity contribution < 1.29 is 18.0 Å². The molecule has 2 N–H and O–H groups in total. The predicted molar refractivity (Wildman–Crippen MR) is 50.4 cm³/mol. The highest BCUT2D eigenvalue weighted by molar-refractivity contribution is 14.1. The van der Waals surface area contributed by atoms with Gasteiger partial charge < -0.3 is 5.73 Å². The van der Waals surface area contributed by atoms with Gasteiger partial charge in [-0.25, -0.2) is 13.8 Å². The molecular weight excluding hydrogens is 312 g/mol. The lowest BCUT2D eigenvalue weighted by Crippen LogP contribution is -2.18. The number of hydrogen-bond donors (Lipinski definition) is 1. The Labute approximate surface area is 90.6 Å². The maximum absolute atomic E-state index is 12.9. The second-order valence-electron chi connectivity index (χ2n) is 2.35. The van der Waals surface area contributed by atoms with Crippen molar-refractivity contribution in [3.8, 4) is 0 Å². The number of aromatic nitrogens is 1. The number of alkyl halides is 2. The van der Waals surface area contributed by atoms with Crippen molar-refractivity contribution in [1.29, 1.82) is 0 Å². The maximum Gasteiger partial charge on any atom is 0.265 e. The minimum atomic E-state index is -2.96. The van der Waals surface area contributed by atoms with E-state index in [4.69, 9.17) is 5.73 Å². The summed E-state index contributed by atoms with van der Waals surface area (Å²) in [6, 6.07) is 0. The van der Waals surface area contributed by atoms with Crippen molar-refractivity contribution in [2.75, 3.05) is 0 Å². The number of nitrogens with two attached hydrogens (primary N) is 1. The molecule has 76 valence electrons. The van der Waals surface area contributed by atoms with Crippen LogP contribution >= 0.6 is 22.6 Å². The second kappa shape index (κ2) is 4.11. The summed E-state index contributed by atoms with van der Waals surface area (Å²) in [5, 5.41) is 0. The number of amides is 1. The number of hydrogen-bond acceptors (Lipinski definition) is 2. The Bertz CT molecular complexity index is 383. The Hall–Kier alpha value is -0.860. The molecule has 1 rings (SSSR count). The van der Waals surface area contributed by atoms with Gasteiger partial charge in [0.1, 0.15) is 5.56 Å². The number of carbonyl (C=O) groups is 1. The third-order valence-electron chi connectivity index (χ3n) is 1.49. The molecule has 0 aromatic carbocycles. The van der Waals surface area contributed by atoms with Crippen LogP contribution in [0.1, 0.15) is 22.3 Å². The Balaban J connectivity index is 3.50. The fourth-order valence-electron chi connectivity index (χ4n) is 0.926. The van der Waals surface area contributed by atoms with Crippen molar-refractivity contribution >= 4 is 28.5 Å². The molecule has 0 saturated carbocycles. The standard InChI is InChI=1S/C7H4F3IN2O/c8-5(9)3-2(11)1-13-6(10)4(3)7(12)14/h1,5H,(H2,12,14). The normalized spacial score (nSPS) is 10.6. The van der Waals surface area contributed by atoms with E-state index in [1.54, 1.807) is 0 Å². The summed E-state index contributed by atoms with van der Waals surface area (Å²) in [6.07, 6.45) is -2.04. The highest BCUT2D eigenvalue weighted by Gasteiger charge is 2.24. The molecule has 0 fully saturated rings. The van der Waals surface area contributed by atoms with E-state index in [2.05, 4.69) is 4.98 Å². The number of rotatable bonds is 2. The molecule has 0 radical (unpaired) electrons. The van der Waals surface area contributed by atoms with Crippen LogP contribution in [-0.4, -0.2) is 10.9 Å². The molecule has 7 heteroatoms. The van der Waals surface area contributed by atoms with Crippen molar-refractivity contribution in [3.63, 3.8) is 0 Å². The average Bonchev–Trinajstić information content (AvgIpc) is 2.07. The summed E-state index contributed by atoms with van der Waals surface area (Å²) in [6.45, 7) is 0. The smallest absolute Gasteiger partial charge is 0.265 e. The largest absolute Gasteiger partial charge is 0.365 e. The molecule has 3 nitrogen and oxygen atoms in total. The molecule has 0 bridgehead atoms. The summed E-state index contributed by atoms with van der Waals surface area (Å²) in [5.41, 5.74) is 3.22. The van der Waals surface area contributed by atoms with Gasteiger partial charge in [-0.2, -0.15) is 4.39 Å². The fraction of sp³-hybridized carbons (Fsp3) is 0.143. The third kappa shape index (κ3) is 1.97. The topological polar surface area (TPSA) is 56.0 Å². The SMILES string of the molecule is NC(=O)c1c(F)ncc(I)c1C(F)F. The molecule has 1 amide bonds. The maximum atomic E-state index is 12.9. The highest BCUT2D eigenvalue weighted by Crippen LogP contribution is 2.28. The zero-order valence-electron chi connectivity index (χ0n) is 6.60. The first-order chi connectivity index (χ1) is 6.45. The monoisotopic (exact) mass is 316 g/mol. The summed E-state index contributed by atoms with van der Waals surface area (Å²) in [4.78, 5) is 13.8. The Morgan fingerprint density at radius 1 is 1.57 bits per heavy atom. The molecule has 1 aromatic heterocycles. The average molecular weight is 316 g/mol. The van der Waals surface area contributed by atoms with E-state index in [9.17, 15) is 18.0 Å². The second-order valence-corrected chi connectivity index (χ2v) is 3.51. The van der Waals surface area contributed by atoms with Crippen LogP contribution in [0.15, 0.2) is 6.20 Å². The van der Waals surface area contributed by atoms with Gasteiger partial charge in [0.05, 0.1) is 0 Å². The predicted octanol–water partition coefficient (Wildman–Crippen LogP) is 1.86. The van der Waals surface area contributed by atoms with Crippen LogP contribution in [0.4, 0.5) is 13.2 Å². The summed E-state index contributed by atoms with van der Waals surface area (Å²) in [5.74, 6) is -2.52. The molecule has 0 aliphatic heterocycles. The summed E-state index contributed by atoms with van der Waals surface area (Å²) < 4.78 is 37.7. The van der Waals surface area contributed by atoms with Gasteiger partial charge in [0.2, 0.25) is 5.95 Å². The van der Waals surface area contributed by atoms with Gasteiger partial charge >= 0.3 is 0 Å². The summed E-state index contributed by atoms with van der Waals surface area (Å²) in [7, 11) is 0. The van der Waals surface area contributed by atoms with E-state index < -0.39 is 29.4 Å². The van der Waals surface area contributed by atoms with Crippen LogP contribution in [0, 0.1) is 9.52 Å². The quantitative estimate of drug-likeness (QED) is 0.669. The van der Waals surface area contributed by atoms with Crippen molar-refractivity contribution in [2.24, 2.45) is 5.73 Å². The van der Waals surface area contributed by atoms with E-state index in [-0.39, 0.29) is 3.57 Å². The van der Waals surface area contributed by atoms with E-state index in [1.165, 1.54) is 22.6 Å². The van der Waals surface area contributed by atoms with E-state index in [1.807, 2.05) is 0 Å². The van der Waals surface area contributed by atoms with Gasteiger partial charge in [0.15, 0.2) is 0 Å². The fourth-order valence-corrected chi connectivity index (χ4v) is 1.57. The van der Waals surface area contributed by atoms with E-state index in [0.29, 0.717) is 0 Å². The number of primary amides is 1. The zero-order valence-corrected chi connectivity index (χ0v) is 8.76. The first-order valence-corrected chi connectivity index (χ1v) is 4.45. The van der Waals surface area contributed by atoms with Crippen LogP contribution < -0.4 is 5.73 Å². The van der Waals surface area contributed by atoms with Gasteiger partial charge in [-0.15, -0.1) is 0 Å². The van der Waals surface area contributed by atoms with E-state index >= 15 is 0 Å². The minimum absolute atomic E-state index is 0.00722. The zero-order chi connectivity index (χ0) is 10.9. The number of pyridine rings is 1. The highest BCUT2D eigenvalue weighted by atomic mass is 127. The summed E-state index contributed by atoms with van der Waals surface area (Å²) >= 11 is 1.53. The number of carbonyl (C=O) groups excluding carboxylic acids is 1. The lowest BCUT2D eigenvalue weighted by atomic mass is 10.1. The molecule has 1 heterocycles. The minimum Gasteiger partial charge on any atom is -0.365 e. The molecule has 0 aliphatic rings. The molecule has 0 unspecified atom stereocenters. The van der Waals surface area contributed by atoms with Crippen molar-refractivity contribution in [3.05, 3.63) is 26.8 Å². The molecule has 14 heavy (non-hydrogen) atoms. The number of nitrogens with zero attached hydrogens (tertiary/aromatic N) is 1. The van der Waals surface area contributed by atoms with Gasteiger partial charge in [0.25, 0.3) is 12.3 Å². The molecule has 0 saturated heterocycles. The molecular formula is C7H4F3IN2O. The molecule has 1 aromatic rings. The van der Waals surface area contributed by atoms with Gasteiger partial charge in [-0.05, 0) is 22.6 Å². The lowest BCUT2D eigenvalue weighted by molar-refractivity contribution is 0.0979. The van der Waals surface area contributed by atoms with Crippen LogP contribution in [0.25, 0.3) is 0 Å². The van der Waals surface area contributed by atoms with E-state index in [0.717, 1.165) is 6.20 Å². The first kappa shape index (κ1) is 11.2. The van der Waals surface area contributed by atoms with Crippen molar-refractivity contribution in [1.82, 2.24) is 4.98 Å². The van der Waals surface area contributed by atoms with Gasteiger partial charge in [0, 0.05) is 15.3 Å². The van der Waals surface area contributed by atoms with Crippen LogP contribution in [0.2, 0.25) is 0 Å². The Morgan fingerprint density at radius 3 is 2.50 bits per heavy atom. The van der Waals surface area contributed by atoms with Gasteiger partial charge in [-0.1, -0.05) is 0 Å². The lowest BCUT2D eigenvalue weighted by Gasteiger charge is -2.07. The Morgan fingerprint density at radius 2 is 2.14 bits per heavy atom. The Kier molecular flexibility index (Phi) is 3.29. The first-order valence-electron chi connectivity index (χ1n) is 3.37. The van der Waals surface area contributed by atoms with Crippen LogP contribution in [-0.2, 0) is 0 Å². The van der Waals surface area contributed by atoms with Crippen molar-refractivity contribution in [2.45, 2.75) is 6.43 Å². The third-order valence-corrected chi connectivity index (χ3v) is 2.35. The molecule has 0 atom stereocenters.